The van der Waals surface area contributed by atoms with Crippen LogP contribution in [-0.2, 0) is 11.2 Å². The monoisotopic (exact) mass is 351 g/mol. The van der Waals surface area contributed by atoms with Gasteiger partial charge in [0.15, 0.2) is 0 Å². The van der Waals surface area contributed by atoms with Gasteiger partial charge in [-0.2, -0.15) is 5.10 Å². The molecular weight excluding hydrogens is 330 g/mol. The summed E-state index contributed by atoms with van der Waals surface area (Å²) in [6, 6.07) is 7.58. The van der Waals surface area contributed by atoms with E-state index in [0.717, 1.165) is 35.4 Å². The predicted molar refractivity (Wildman–Crippen MR) is 94.5 cm³/mol. The molecule has 1 fully saturated rings. The van der Waals surface area contributed by atoms with Crippen molar-refractivity contribution in [2.24, 2.45) is 0 Å². The molecule has 0 saturated heterocycles. The van der Waals surface area contributed by atoms with E-state index in [2.05, 4.69) is 15.1 Å². The first kappa shape index (κ1) is 15.6. The van der Waals surface area contributed by atoms with E-state index < -0.39 is 5.60 Å². The van der Waals surface area contributed by atoms with Crippen LogP contribution in [0.4, 0.5) is 0 Å². The molecule has 134 valence electrons. The van der Waals surface area contributed by atoms with Crippen LogP contribution in [0.2, 0.25) is 0 Å². The number of carbonyl (C=O) groups is 1. The van der Waals surface area contributed by atoms with Crippen molar-refractivity contribution in [3.8, 4) is 0 Å². The smallest absolute Gasteiger partial charge is 0.226 e. The van der Waals surface area contributed by atoms with Gasteiger partial charge in [-0.25, -0.2) is 9.50 Å². The van der Waals surface area contributed by atoms with E-state index in [1.54, 1.807) is 6.33 Å². The summed E-state index contributed by atoms with van der Waals surface area (Å²) < 4.78 is 1.82. The van der Waals surface area contributed by atoms with E-state index in [9.17, 15) is 9.90 Å². The Hall–Kier alpha value is -2.67. The fraction of sp³-hybridized carbons (Fsp3) is 0.421. The minimum absolute atomic E-state index is 0.0251. The van der Waals surface area contributed by atoms with Crippen molar-refractivity contribution in [1.29, 1.82) is 0 Å². The van der Waals surface area contributed by atoms with Crippen molar-refractivity contribution in [2.75, 3.05) is 6.54 Å². The first-order valence-electron chi connectivity index (χ1n) is 9.11. The molecule has 5 rings (SSSR count). The number of nitrogens with zero attached hydrogens (tertiary/aromatic N) is 4. The first-order chi connectivity index (χ1) is 12.6. The van der Waals surface area contributed by atoms with Gasteiger partial charge in [-0.1, -0.05) is 6.07 Å². The summed E-state index contributed by atoms with van der Waals surface area (Å²) in [5.74, 6) is -0.0251. The number of aromatic nitrogens is 4. The number of rotatable bonds is 3. The van der Waals surface area contributed by atoms with Crippen molar-refractivity contribution in [2.45, 2.75) is 43.7 Å². The zero-order valence-corrected chi connectivity index (χ0v) is 14.4. The van der Waals surface area contributed by atoms with Gasteiger partial charge in [-0.15, -0.1) is 0 Å². The van der Waals surface area contributed by atoms with Gasteiger partial charge in [-0.05, 0) is 37.5 Å². The topological polar surface area (TPSA) is 86.5 Å². The van der Waals surface area contributed by atoms with Gasteiger partial charge in [0.25, 0.3) is 0 Å². The second-order valence-electron chi connectivity index (χ2n) is 7.40. The van der Waals surface area contributed by atoms with Crippen molar-refractivity contribution >= 4 is 11.4 Å². The number of hydrogen-bond acceptors (Lipinski definition) is 4. The highest BCUT2D eigenvalue weighted by Gasteiger charge is 2.41. The minimum atomic E-state index is -0.827. The van der Waals surface area contributed by atoms with Gasteiger partial charge >= 0.3 is 0 Å². The Morgan fingerprint density at radius 1 is 1.38 bits per heavy atom. The third-order valence-electron chi connectivity index (χ3n) is 5.68. The molecule has 7 heteroatoms. The number of nitrogens with one attached hydrogen (secondary N) is 1. The molecule has 1 amide bonds. The van der Waals surface area contributed by atoms with Crippen LogP contribution in [0.25, 0.3) is 5.52 Å². The maximum absolute atomic E-state index is 13.0. The number of imidazole rings is 1. The molecule has 7 nitrogen and oxygen atoms in total. The van der Waals surface area contributed by atoms with Gasteiger partial charge in [0.2, 0.25) is 5.91 Å². The molecular formula is C19H21N5O2. The van der Waals surface area contributed by atoms with Gasteiger partial charge < -0.3 is 15.0 Å². The molecule has 0 unspecified atom stereocenters. The van der Waals surface area contributed by atoms with Crippen molar-refractivity contribution < 1.29 is 9.90 Å². The van der Waals surface area contributed by atoms with Gasteiger partial charge in [-0.3, -0.25) is 4.79 Å². The highest BCUT2D eigenvalue weighted by molar-refractivity contribution is 5.79. The fourth-order valence-corrected chi connectivity index (χ4v) is 4.08. The number of pyridine rings is 1. The molecule has 26 heavy (non-hydrogen) atoms. The molecule has 4 heterocycles. The van der Waals surface area contributed by atoms with Crippen LogP contribution in [-0.4, -0.2) is 47.6 Å². The Morgan fingerprint density at radius 3 is 3.04 bits per heavy atom. The van der Waals surface area contributed by atoms with Crippen LogP contribution in [0.15, 0.2) is 36.8 Å². The molecule has 3 aromatic rings. The Kier molecular flexibility index (Phi) is 3.40. The zero-order valence-electron chi connectivity index (χ0n) is 14.4. The van der Waals surface area contributed by atoms with E-state index in [1.807, 2.05) is 39.9 Å². The summed E-state index contributed by atoms with van der Waals surface area (Å²) in [6.07, 6.45) is 6.90. The van der Waals surface area contributed by atoms with Crippen LogP contribution in [0.5, 0.6) is 0 Å². The summed E-state index contributed by atoms with van der Waals surface area (Å²) in [6.45, 7) is 0.600. The molecule has 0 radical (unpaired) electrons. The largest absolute Gasteiger partial charge is 0.389 e. The molecule has 2 N–H and O–H groups in total. The van der Waals surface area contributed by atoms with Gasteiger partial charge in [0.1, 0.15) is 6.04 Å². The number of aromatic amines is 1. The van der Waals surface area contributed by atoms with E-state index in [1.165, 1.54) is 0 Å². The van der Waals surface area contributed by atoms with E-state index in [0.29, 0.717) is 19.4 Å². The number of carbonyl (C=O) groups excluding carboxylic acids is 1. The lowest BCUT2D eigenvalue weighted by molar-refractivity contribution is -0.142. The summed E-state index contributed by atoms with van der Waals surface area (Å²) in [5, 5.41) is 15.1. The van der Waals surface area contributed by atoms with E-state index in [4.69, 9.17) is 0 Å². The number of hydrogen-bond donors (Lipinski definition) is 2. The van der Waals surface area contributed by atoms with Crippen LogP contribution in [0, 0.1) is 0 Å². The maximum Gasteiger partial charge on any atom is 0.226 e. The third kappa shape index (κ3) is 2.42. The molecule has 0 spiro atoms. The summed E-state index contributed by atoms with van der Waals surface area (Å²) in [4.78, 5) is 22.5. The Balaban J connectivity index is 1.54. The standard InChI is InChI=1S/C19H21N5O2/c25-16(11-19(26)6-3-7-19)23-9-5-14-17(21-12-20-14)18(23)15-10-13-4-1-2-8-24(13)22-15/h1-2,4,8,10,12,18,26H,3,5-7,9,11H2,(H,20,21)/t18-/m1/s1. The molecule has 1 saturated carbocycles. The Bertz CT molecular complexity index is 938. The van der Waals surface area contributed by atoms with Crippen LogP contribution in [0.3, 0.4) is 0 Å². The first-order valence-corrected chi connectivity index (χ1v) is 9.11. The quantitative estimate of drug-likeness (QED) is 0.754. The van der Waals surface area contributed by atoms with Crippen LogP contribution >= 0.6 is 0 Å². The average Bonchev–Trinajstić information content (AvgIpc) is 3.25. The lowest BCUT2D eigenvalue weighted by Crippen LogP contribution is -2.47. The van der Waals surface area contributed by atoms with E-state index >= 15 is 0 Å². The molecule has 2 aliphatic rings. The normalized spacial score (nSPS) is 21.4. The average molecular weight is 351 g/mol. The molecule has 3 aromatic heterocycles. The van der Waals surface area contributed by atoms with Gasteiger partial charge in [0, 0.05) is 24.9 Å². The third-order valence-corrected chi connectivity index (χ3v) is 5.68. The number of amides is 1. The molecule has 1 atom stereocenters. The summed E-state index contributed by atoms with van der Waals surface area (Å²) >= 11 is 0. The summed E-state index contributed by atoms with van der Waals surface area (Å²) in [7, 11) is 0. The highest BCUT2D eigenvalue weighted by atomic mass is 16.3. The van der Waals surface area contributed by atoms with E-state index in [-0.39, 0.29) is 18.4 Å². The van der Waals surface area contributed by atoms with Crippen molar-refractivity contribution in [3.05, 3.63) is 53.9 Å². The Labute approximate surface area is 150 Å². The lowest BCUT2D eigenvalue weighted by Gasteiger charge is -2.40. The fourth-order valence-electron chi connectivity index (χ4n) is 4.08. The number of fused-ring (bicyclic) bond motifs is 2. The van der Waals surface area contributed by atoms with Crippen LogP contribution < -0.4 is 0 Å². The predicted octanol–water partition coefficient (Wildman–Crippen LogP) is 1.84. The molecule has 0 aromatic carbocycles. The number of aliphatic hydroxyl groups is 1. The van der Waals surface area contributed by atoms with Crippen molar-refractivity contribution in [1.82, 2.24) is 24.5 Å². The number of H-pyrrole nitrogens is 1. The zero-order chi connectivity index (χ0) is 17.7. The molecule has 1 aliphatic heterocycles. The SMILES string of the molecule is O=C(CC1(O)CCC1)N1CCc2[nH]cnc2[C@H]1c1cc2ccccn2n1. The second kappa shape index (κ2) is 5.67. The second-order valence-corrected chi connectivity index (χ2v) is 7.40. The molecule has 0 bridgehead atoms. The van der Waals surface area contributed by atoms with Crippen LogP contribution in [0.1, 0.15) is 48.8 Å². The molecule has 1 aliphatic carbocycles. The van der Waals surface area contributed by atoms with Gasteiger partial charge in [0.05, 0.1) is 35.3 Å². The Morgan fingerprint density at radius 2 is 2.27 bits per heavy atom. The van der Waals surface area contributed by atoms with Crippen molar-refractivity contribution in [3.63, 3.8) is 0 Å². The summed E-state index contributed by atoms with van der Waals surface area (Å²) in [5.41, 5.74) is 2.87. The maximum atomic E-state index is 13.0. The highest BCUT2D eigenvalue weighted by Crippen LogP contribution is 2.38. The lowest BCUT2D eigenvalue weighted by atomic mass is 9.77. The minimum Gasteiger partial charge on any atom is -0.389 e.